The second-order valence-electron chi connectivity index (χ2n) is 2.96. The lowest BCUT2D eigenvalue weighted by Gasteiger charge is -2.03. The van der Waals surface area contributed by atoms with Crippen molar-refractivity contribution in [1.82, 2.24) is 9.97 Å². The summed E-state index contributed by atoms with van der Waals surface area (Å²) in [6.45, 7) is 2.65. The third-order valence-electron chi connectivity index (χ3n) is 1.83. The monoisotopic (exact) mass is 205 g/mol. The second-order valence-corrected chi connectivity index (χ2v) is 3.74. The largest absolute Gasteiger partial charge is 0.379 e. The van der Waals surface area contributed by atoms with Gasteiger partial charge in [-0.15, -0.1) is 0 Å². The normalized spacial score (nSPS) is 10.1. The number of hydrogen-bond acceptors (Lipinski definition) is 4. The standard InChI is InChI=1S/C10H11N3S/c1-8-11-4-2-9(13-8)6-12-10-3-5-14-7-10/h2-5,7,12H,6H2,1H3. The van der Waals surface area contributed by atoms with Crippen molar-refractivity contribution in [2.45, 2.75) is 13.5 Å². The van der Waals surface area contributed by atoms with Gasteiger partial charge in [-0.1, -0.05) is 0 Å². The molecule has 0 aromatic carbocycles. The van der Waals surface area contributed by atoms with E-state index in [9.17, 15) is 0 Å². The Morgan fingerprint density at radius 1 is 1.43 bits per heavy atom. The number of nitrogens with one attached hydrogen (secondary N) is 1. The first-order valence-corrected chi connectivity index (χ1v) is 5.33. The van der Waals surface area contributed by atoms with Gasteiger partial charge >= 0.3 is 0 Å². The molecule has 72 valence electrons. The lowest BCUT2D eigenvalue weighted by Crippen LogP contribution is -2.02. The zero-order valence-electron chi connectivity index (χ0n) is 7.90. The van der Waals surface area contributed by atoms with Gasteiger partial charge in [-0.05, 0) is 24.4 Å². The molecule has 0 amide bonds. The van der Waals surface area contributed by atoms with Crippen molar-refractivity contribution in [3.8, 4) is 0 Å². The molecule has 0 saturated heterocycles. The molecule has 2 heterocycles. The average molecular weight is 205 g/mol. The van der Waals surface area contributed by atoms with Crippen LogP contribution in [0.2, 0.25) is 0 Å². The smallest absolute Gasteiger partial charge is 0.125 e. The molecule has 0 spiro atoms. The minimum atomic E-state index is 0.750. The maximum Gasteiger partial charge on any atom is 0.125 e. The molecule has 0 saturated carbocycles. The van der Waals surface area contributed by atoms with Crippen molar-refractivity contribution in [2.75, 3.05) is 5.32 Å². The van der Waals surface area contributed by atoms with Gasteiger partial charge < -0.3 is 5.32 Å². The van der Waals surface area contributed by atoms with Gasteiger partial charge in [0.2, 0.25) is 0 Å². The highest BCUT2D eigenvalue weighted by atomic mass is 32.1. The Morgan fingerprint density at radius 2 is 2.36 bits per heavy atom. The van der Waals surface area contributed by atoms with Crippen LogP contribution < -0.4 is 5.32 Å². The Balaban J connectivity index is 1.98. The number of aromatic nitrogens is 2. The predicted octanol–water partition coefficient (Wildman–Crippen LogP) is 2.46. The summed E-state index contributed by atoms with van der Waals surface area (Å²) >= 11 is 1.68. The zero-order chi connectivity index (χ0) is 9.80. The highest BCUT2D eigenvalue weighted by molar-refractivity contribution is 7.08. The first-order valence-electron chi connectivity index (χ1n) is 4.39. The molecule has 0 unspecified atom stereocenters. The molecule has 2 aromatic heterocycles. The maximum absolute atomic E-state index is 4.30. The summed E-state index contributed by atoms with van der Waals surface area (Å²) < 4.78 is 0. The summed E-state index contributed by atoms with van der Waals surface area (Å²) in [7, 11) is 0. The lowest BCUT2D eigenvalue weighted by atomic mass is 10.4. The van der Waals surface area contributed by atoms with Crippen LogP contribution in [0.4, 0.5) is 5.69 Å². The fraction of sp³-hybridized carbons (Fsp3) is 0.200. The van der Waals surface area contributed by atoms with Crippen molar-refractivity contribution >= 4 is 17.0 Å². The molecular weight excluding hydrogens is 194 g/mol. The SMILES string of the molecule is Cc1nccc(CNc2ccsc2)n1. The van der Waals surface area contributed by atoms with E-state index in [0.717, 1.165) is 23.8 Å². The maximum atomic E-state index is 4.30. The molecule has 1 N–H and O–H groups in total. The van der Waals surface area contributed by atoms with Crippen LogP contribution in [0.25, 0.3) is 0 Å². The molecule has 0 radical (unpaired) electrons. The van der Waals surface area contributed by atoms with Gasteiger partial charge in [-0.25, -0.2) is 9.97 Å². The summed E-state index contributed by atoms with van der Waals surface area (Å²) in [6.07, 6.45) is 1.78. The van der Waals surface area contributed by atoms with Gasteiger partial charge in [-0.3, -0.25) is 0 Å². The van der Waals surface area contributed by atoms with Gasteiger partial charge in [-0.2, -0.15) is 11.3 Å². The predicted molar refractivity (Wildman–Crippen MR) is 58.4 cm³/mol. The molecule has 0 fully saturated rings. The average Bonchev–Trinajstić information content (AvgIpc) is 2.67. The fourth-order valence-corrected chi connectivity index (χ4v) is 1.77. The number of hydrogen-bond donors (Lipinski definition) is 1. The molecule has 0 aliphatic rings. The van der Waals surface area contributed by atoms with E-state index in [-0.39, 0.29) is 0 Å². The molecule has 14 heavy (non-hydrogen) atoms. The summed E-state index contributed by atoms with van der Waals surface area (Å²) in [5, 5.41) is 7.41. The second kappa shape index (κ2) is 4.19. The molecular formula is C10H11N3S. The Hall–Kier alpha value is -1.42. The van der Waals surface area contributed by atoms with Crippen molar-refractivity contribution in [3.05, 3.63) is 40.6 Å². The fourth-order valence-electron chi connectivity index (χ4n) is 1.16. The molecule has 4 heteroatoms. The van der Waals surface area contributed by atoms with Gasteiger partial charge in [0, 0.05) is 17.3 Å². The lowest BCUT2D eigenvalue weighted by molar-refractivity contribution is 0.956. The van der Waals surface area contributed by atoms with Crippen molar-refractivity contribution < 1.29 is 0 Å². The minimum absolute atomic E-state index is 0.750. The summed E-state index contributed by atoms with van der Waals surface area (Å²) in [6, 6.07) is 3.98. The number of aryl methyl sites for hydroxylation is 1. The van der Waals surface area contributed by atoms with Crippen LogP contribution in [0.5, 0.6) is 0 Å². The van der Waals surface area contributed by atoms with Gasteiger partial charge in [0.15, 0.2) is 0 Å². The molecule has 0 aliphatic heterocycles. The summed E-state index contributed by atoms with van der Waals surface area (Å²) in [5.74, 6) is 0.814. The number of rotatable bonds is 3. The molecule has 3 nitrogen and oxygen atoms in total. The van der Waals surface area contributed by atoms with E-state index in [1.807, 2.05) is 18.4 Å². The minimum Gasteiger partial charge on any atom is -0.379 e. The number of thiophene rings is 1. The summed E-state index contributed by atoms with van der Waals surface area (Å²) in [4.78, 5) is 8.35. The molecule has 2 rings (SSSR count). The van der Waals surface area contributed by atoms with Crippen LogP contribution in [0.3, 0.4) is 0 Å². The first kappa shape index (κ1) is 9.15. The zero-order valence-corrected chi connectivity index (χ0v) is 8.71. The van der Waals surface area contributed by atoms with Crippen LogP contribution in [-0.4, -0.2) is 9.97 Å². The molecule has 2 aromatic rings. The number of nitrogens with zero attached hydrogens (tertiary/aromatic N) is 2. The van der Waals surface area contributed by atoms with E-state index in [4.69, 9.17) is 0 Å². The Kier molecular flexibility index (Phi) is 2.74. The van der Waals surface area contributed by atoms with Gasteiger partial charge in [0.1, 0.15) is 5.82 Å². The highest BCUT2D eigenvalue weighted by Crippen LogP contribution is 2.12. The quantitative estimate of drug-likeness (QED) is 0.836. The van der Waals surface area contributed by atoms with Crippen molar-refractivity contribution in [1.29, 1.82) is 0 Å². The third kappa shape index (κ3) is 2.29. The van der Waals surface area contributed by atoms with Gasteiger partial charge in [0.05, 0.1) is 12.2 Å². The molecule has 0 atom stereocenters. The Bertz CT molecular complexity index is 398. The van der Waals surface area contributed by atoms with Gasteiger partial charge in [0.25, 0.3) is 0 Å². The van der Waals surface area contributed by atoms with E-state index in [2.05, 4.69) is 26.7 Å². The third-order valence-corrected chi connectivity index (χ3v) is 2.51. The van der Waals surface area contributed by atoms with Crippen LogP contribution in [0.15, 0.2) is 29.1 Å². The Labute approximate surface area is 86.8 Å². The molecule has 0 bridgehead atoms. The van der Waals surface area contributed by atoms with E-state index in [1.54, 1.807) is 17.5 Å². The van der Waals surface area contributed by atoms with E-state index < -0.39 is 0 Å². The summed E-state index contributed by atoms with van der Waals surface area (Å²) in [5.41, 5.74) is 2.16. The van der Waals surface area contributed by atoms with Crippen molar-refractivity contribution in [3.63, 3.8) is 0 Å². The topological polar surface area (TPSA) is 37.8 Å². The van der Waals surface area contributed by atoms with Crippen LogP contribution in [-0.2, 0) is 6.54 Å². The Morgan fingerprint density at radius 3 is 3.07 bits per heavy atom. The van der Waals surface area contributed by atoms with Crippen LogP contribution in [0, 0.1) is 6.92 Å². The van der Waals surface area contributed by atoms with E-state index >= 15 is 0 Å². The number of anilines is 1. The van der Waals surface area contributed by atoms with Crippen molar-refractivity contribution in [2.24, 2.45) is 0 Å². The van der Waals surface area contributed by atoms with Crippen LogP contribution >= 0.6 is 11.3 Å². The van der Waals surface area contributed by atoms with E-state index in [1.165, 1.54) is 0 Å². The van der Waals surface area contributed by atoms with E-state index in [0.29, 0.717) is 0 Å². The van der Waals surface area contributed by atoms with Crippen LogP contribution in [0.1, 0.15) is 11.5 Å². The molecule has 0 aliphatic carbocycles. The highest BCUT2D eigenvalue weighted by Gasteiger charge is 1.95. The first-order chi connectivity index (χ1) is 6.84.